The van der Waals surface area contributed by atoms with Gasteiger partial charge < -0.3 is 20.9 Å². The molecule has 0 spiro atoms. The second kappa shape index (κ2) is 8.09. The molecule has 0 saturated heterocycles. The average molecular weight is 332 g/mol. The van der Waals surface area contributed by atoms with Crippen LogP contribution in [0, 0.1) is 12.7 Å². The van der Waals surface area contributed by atoms with E-state index in [0.29, 0.717) is 24.7 Å². The van der Waals surface area contributed by atoms with E-state index in [1.54, 1.807) is 6.07 Å². The molecule has 1 aromatic carbocycles. The topological polar surface area (TPSA) is 82.2 Å². The minimum atomic E-state index is -0.401. The summed E-state index contributed by atoms with van der Waals surface area (Å²) in [4.78, 5) is 22.3. The SMILES string of the molecule is Cc1cc(N(C)C)nc(NCCNC(=O)Nc2cccc(F)c2)n1. The number of hydrogen-bond acceptors (Lipinski definition) is 5. The van der Waals surface area contributed by atoms with Crippen LogP contribution in [-0.2, 0) is 0 Å². The van der Waals surface area contributed by atoms with E-state index in [1.807, 2.05) is 32.0 Å². The number of halogens is 1. The Morgan fingerprint density at radius 3 is 2.71 bits per heavy atom. The van der Waals surface area contributed by atoms with Crippen molar-refractivity contribution >= 4 is 23.5 Å². The Morgan fingerprint density at radius 2 is 2.00 bits per heavy atom. The summed E-state index contributed by atoms with van der Waals surface area (Å²) >= 11 is 0. The molecule has 0 unspecified atom stereocenters. The van der Waals surface area contributed by atoms with Crippen LogP contribution < -0.4 is 20.9 Å². The maximum Gasteiger partial charge on any atom is 0.319 e. The molecular weight excluding hydrogens is 311 g/mol. The van der Waals surface area contributed by atoms with Gasteiger partial charge in [0.25, 0.3) is 0 Å². The Balaban J connectivity index is 1.77. The number of aromatic nitrogens is 2. The van der Waals surface area contributed by atoms with Gasteiger partial charge >= 0.3 is 6.03 Å². The number of carbonyl (C=O) groups excluding carboxylic acids is 1. The summed E-state index contributed by atoms with van der Waals surface area (Å²) < 4.78 is 13.0. The number of rotatable bonds is 6. The fraction of sp³-hybridized carbons (Fsp3) is 0.312. The molecule has 1 heterocycles. The highest BCUT2D eigenvalue weighted by Crippen LogP contribution is 2.11. The summed E-state index contributed by atoms with van der Waals surface area (Å²) in [7, 11) is 3.81. The number of benzene rings is 1. The van der Waals surface area contributed by atoms with Crippen LogP contribution in [0.5, 0.6) is 0 Å². The normalized spacial score (nSPS) is 10.2. The number of nitrogens with zero attached hydrogens (tertiary/aromatic N) is 3. The number of carbonyl (C=O) groups is 1. The molecule has 24 heavy (non-hydrogen) atoms. The molecule has 0 aliphatic heterocycles. The Morgan fingerprint density at radius 1 is 1.21 bits per heavy atom. The van der Waals surface area contributed by atoms with Crippen LogP contribution in [-0.4, -0.2) is 43.2 Å². The fourth-order valence-electron chi connectivity index (χ4n) is 1.95. The van der Waals surface area contributed by atoms with E-state index >= 15 is 0 Å². The second-order valence-corrected chi connectivity index (χ2v) is 5.40. The van der Waals surface area contributed by atoms with Gasteiger partial charge in [0.05, 0.1) is 0 Å². The molecule has 3 N–H and O–H groups in total. The maximum absolute atomic E-state index is 13.0. The summed E-state index contributed by atoms with van der Waals surface area (Å²) in [6.07, 6.45) is 0. The Hall–Kier alpha value is -2.90. The van der Waals surface area contributed by atoms with E-state index in [0.717, 1.165) is 11.5 Å². The van der Waals surface area contributed by atoms with Crippen LogP contribution in [0.3, 0.4) is 0 Å². The lowest BCUT2D eigenvalue weighted by Gasteiger charge is -2.14. The van der Waals surface area contributed by atoms with Gasteiger partial charge in [-0.3, -0.25) is 0 Å². The van der Waals surface area contributed by atoms with Crippen molar-refractivity contribution in [1.82, 2.24) is 15.3 Å². The zero-order chi connectivity index (χ0) is 17.5. The summed E-state index contributed by atoms with van der Waals surface area (Å²) in [6.45, 7) is 2.73. The van der Waals surface area contributed by atoms with Gasteiger partial charge in [-0.25, -0.2) is 14.2 Å². The van der Waals surface area contributed by atoms with E-state index in [9.17, 15) is 9.18 Å². The molecule has 2 rings (SSSR count). The van der Waals surface area contributed by atoms with Crippen LogP contribution in [0.2, 0.25) is 0 Å². The Bertz CT molecular complexity index is 707. The largest absolute Gasteiger partial charge is 0.363 e. The standard InChI is InChI=1S/C16H21FN6O/c1-11-9-14(23(2)3)22-15(20-11)18-7-8-19-16(24)21-13-6-4-5-12(17)10-13/h4-6,9-10H,7-8H2,1-3H3,(H,18,20,22)(H2,19,21,24). The smallest absolute Gasteiger partial charge is 0.319 e. The maximum atomic E-state index is 13.0. The van der Waals surface area contributed by atoms with Crippen molar-refractivity contribution in [1.29, 1.82) is 0 Å². The van der Waals surface area contributed by atoms with E-state index < -0.39 is 11.8 Å². The summed E-state index contributed by atoms with van der Waals surface area (Å²) in [5.41, 5.74) is 1.26. The second-order valence-electron chi connectivity index (χ2n) is 5.40. The summed E-state index contributed by atoms with van der Waals surface area (Å²) in [5.74, 6) is 0.913. The molecule has 128 valence electrons. The predicted molar refractivity (Wildman–Crippen MR) is 93.0 cm³/mol. The summed E-state index contributed by atoms with van der Waals surface area (Å²) in [5, 5.41) is 8.29. The first-order valence-electron chi connectivity index (χ1n) is 7.51. The fourth-order valence-corrected chi connectivity index (χ4v) is 1.95. The number of aryl methyl sites for hydroxylation is 1. The molecule has 0 bridgehead atoms. The van der Waals surface area contributed by atoms with E-state index in [-0.39, 0.29) is 0 Å². The highest BCUT2D eigenvalue weighted by molar-refractivity contribution is 5.89. The number of hydrogen-bond donors (Lipinski definition) is 3. The van der Waals surface area contributed by atoms with Crippen molar-refractivity contribution in [3.8, 4) is 0 Å². The molecule has 0 atom stereocenters. The minimum Gasteiger partial charge on any atom is -0.363 e. The number of nitrogens with one attached hydrogen (secondary N) is 3. The zero-order valence-electron chi connectivity index (χ0n) is 13.9. The van der Waals surface area contributed by atoms with Crippen LogP contribution in [0.25, 0.3) is 0 Å². The van der Waals surface area contributed by atoms with Crippen molar-refractivity contribution in [2.75, 3.05) is 42.7 Å². The molecule has 1 aromatic heterocycles. The van der Waals surface area contributed by atoms with Gasteiger partial charge in [0.2, 0.25) is 5.95 Å². The van der Waals surface area contributed by atoms with Crippen LogP contribution in [0.1, 0.15) is 5.69 Å². The molecule has 0 aliphatic carbocycles. The molecular formula is C16H21FN6O. The van der Waals surface area contributed by atoms with Crippen molar-refractivity contribution in [2.24, 2.45) is 0 Å². The lowest BCUT2D eigenvalue weighted by atomic mass is 10.3. The van der Waals surface area contributed by atoms with Gasteiger partial charge in [0, 0.05) is 44.6 Å². The number of amides is 2. The highest BCUT2D eigenvalue weighted by Gasteiger charge is 2.05. The average Bonchev–Trinajstić information content (AvgIpc) is 2.51. The van der Waals surface area contributed by atoms with Crippen LogP contribution in [0.15, 0.2) is 30.3 Å². The lowest BCUT2D eigenvalue weighted by molar-refractivity contribution is 0.252. The molecule has 0 saturated carbocycles. The Labute approximate surface area is 140 Å². The molecule has 2 amide bonds. The molecule has 0 fully saturated rings. The van der Waals surface area contributed by atoms with E-state index in [2.05, 4.69) is 25.9 Å². The monoisotopic (exact) mass is 332 g/mol. The lowest BCUT2D eigenvalue weighted by Crippen LogP contribution is -2.32. The third kappa shape index (κ3) is 5.38. The predicted octanol–water partition coefficient (Wildman–Crippen LogP) is 2.22. The van der Waals surface area contributed by atoms with Gasteiger partial charge in [-0.05, 0) is 25.1 Å². The molecule has 7 nitrogen and oxygen atoms in total. The highest BCUT2D eigenvalue weighted by atomic mass is 19.1. The number of anilines is 3. The van der Waals surface area contributed by atoms with Gasteiger partial charge in [0.1, 0.15) is 11.6 Å². The summed E-state index contributed by atoms with van der Waals surface area (Å²) in [6, 6.07) is 7.20. The van der Waals surface area contributed by atoms with Crippen LogP contribution >= 0.6 is 0 Å². The van der Waals surface area contributed by atoms with E-state index in [4.69, 9.17) is 0 Å². The Kier molecular flexibility index (Phi) is 5.89. The zero-order valence-corrected chi connectivity index (χ0v) is 13.9. The van der Waals surface area contributed by atoms with E-state index in [1.165, 1.54) is 18.2 Å². The molecule has 0 radical (unpaired) electrons. The third-order valence-electron chi connectivity index (χ3n) is 3.08. The van der Waals surface area contributed by atoms with Crippen molar-refractivity contribution in [3.63, 3.8) is 0 Å². The third-order valence-corrected chi connectivity index (χ3v) is 3.08. The number of urea groups is 1. The van der Waals surface area contributed by atoms with Crippen molar-refractivity contribution < 1.29 is 9.18 Å². The minimum absolute atomic E-state index is 0.371. The first kappa shape index (κ1) is 17.5. The molecule has 8 heteroatoms. The van der Waals surface area contributed by atoms with Gasteiger partial charge in [-0.1, -0.05) is 6.07 Å². The van der Waals surface area contributed by atoms with Crippen LogP contribution in [0.4, 0.5) is 26.6 Å². The molecule has 0 aliphatic rings. The van der Waals surface area contributed by atoms with Crippen molar-refractivity contribution in [2.45, 2.75) is 6.92 Å². The van der Waals surface area contributed by atoms with Gasteiger partial charge in [-0.15, -0.1) is 0 Å². The van der Waals surface area contributed by atoms with Gasteiger partial charge in [0.15, 0.2) is 0 Å². The van der Waals surface area contributed by atoms with Gasteiger partial charge in [-0.2, -0.15) is 4.98 Å². The van der Waals surface area contributed by atoms with Crippen molar-refractivity contribution in [3.05, 3.63) is 41.8 Å². The molecule has 2 aromatic rings. The first-order chi connectivity index (χ1) is 11.4. The quantitative estimate of drug-likeness (QED) is 0.707. The first-order valence-corrected chi connectivity index (χ1v) is 7.51.